The van der Waals surface area contributed by atoms with E-state index in [1.165, 1.54) is 0 Å². The number of thioether (sulfide) groups is 1. The zero-order valence-electron chi connectivity index (χ0n) is 11.3. The van der Waals surface area contributed by atoms with Gasteiger partial charge in [0.25, 0.3) is 5.91 Å². The molecule has 0 aliphatic rings. The van der Waals surface area contributed by atoms with Crippen molar-refractivity contribution in [3.63, 3.8) is 0 Å². The summed E-state index contributed by atoms with van der Waals surface area (Å²) < 4.78 is 0. The van der Waals surface area contributed by atoms with Crippen LogP contribution in [-0.2, 0) is 0 Å². The minimum Gasteiger partial charge on any atom is -0.384 e. The van der Waals surface area contributed by atoms with Gasteiger partial charge in [0.1, 0.15) is 5.69 Å². The first-order chi connectivity index (χ1) is 8.72. The van der Waals surface area contributed by atoms with Crippen molar-refractivity contribution < 1.29 is 4.79 Å². The van der Waals surface area contributed by atoms with Crippen molar-refractivity contribution in [2.24, 2.45) is 0 Å². The number of hydrogen-bond acceptors (Lipinski definition) is 4. The molecule has 0 bridgehead atoms. The third-order valence-electron chi connectivity index (χ3n) is 2.67. The van der Waals surface area contributed by atoms with Crippen molar-refractivity contribution >= 4 is 23.4 Å². The van der Waals surface area contributed by atoms with Crippen LogP contribution in [0.15, 0.2) is 18.3 Å². The van der Waals surface area contributed by atoms with Gasteiger partial charge in [0.2, 0.25) is 0 Å². The predicted molar refractivity (Wildman–Crippen MR) is 78.4 cm³/mol. The molecule has 0 unspecified atom stereocenters. The second kappa shape index (κ2) is 7.97. The average molecular weight is 267 g/mol. The van der Waals surface area contributed by atoms with Gasteiger partial charge in [-0.25, -0.2) is 0 Å². The molecule has 0 spiro atoms. The Morgan fingerprint density at radius 1 is 1.44 bits per heavy atom. The molecule has 1 heterocycles. The molecule has 4 nitrogen and oxygen atoms in total. The van der Waals surface area contributed by atoms with Gasteiger partial charge in [-0.15, -0.1) is 0 Å². The molecule has 1 amide bonds. The standard InChI is InChI=1S/C13H21N3OS/c1-4-16(5-2)13(17)12-10-11(6-7-15-12)14-8-9-18-3/h6-7,10H,4-5,8-9H2,1-3H3,(H,14,15). The fourth-order valence-corrected chi connectivity index (χ4v) is 1.93. The van der Waals surface area contributed by atoms with Crippen LogP contribution in [0.2, 0.25) is 0 Å². The summed E-state index contributed by atoms with van der Waals surface area (Å²) >= 11 is 1.79. The van der Waals surface area contributed by atoms with Gasteiger partial charge in [-0.3, -0.25) is 9.78 Å². The first kappa shape index (κ1) is 14.8. The number of rotatable bonds is 7. The van der Waals surface area contributed by atoms with E-state index in [1.54, 1.807) is 22.9 Å². The molecular weight excluding hydrogens is 246 g/mol. The fourth-order valence-electron chi connectivity index (χ4n) is 1.63. The lowest BCUT2D eigenvalue weighted by Gasteiger charge is -2.18. The van der Waals surface area contributed by atoms with E-state index in [0.29, 0.717) is 18.8 Å². The highest BCUT2D eigenvalue weighted by Crippen LogP contribution is 2.10. The van der Waals surface area contributed by atoms with Gasteiger partial charge in [-0.1, -0.05) is 0 Å². The van der Waals surface area contributed by atoms with E-state index in [1.807, 2.05) is 26.0 Å². The first-order valence-corrected chi connectivity index (χ1v) is 7.60. The van der Waals surface area contributed by atoms with Crippen LogP contribution in [0, 0.1) is 0 Å². The Balaban J connectivity index is 2.71. The van der Waals surface area contributed by atoms with E-state index >= 15 is 0 Å². The number of aromatic nitrogens is 1. The summed E-state index contributed by atoms with van der Waals surface area (Å²) in [6.45, 7) is 6.26. The molecule has 18 heavy (non-hydrogen) atoms. The molecule has 0 aromatic carbocycles. The Labute approximate surface area is 113 Å². The Kier molecular flexibility index (Phi) is 6.57. The summed E-state index contributed by atoms with van der Waals surface area (Å²) in [6.07, 6.45) is 3.75. The van der Waals surface area contributed by atoms with Crippen LogP contribution in [0.5, 0.6) is 0 Å². The van der Waals surface area contributed by atoms with Crippen LogP contribution in [0.25, 0.3) is 0 Å². The van der Waals surface area contributed by atoms with E-state index in [4.69, 9.17) is 0 Å². The molecule has 0 saturated carbocycles. The molecular formula is C13H21N3OS. The van der Waals surface area contributed by atoms with Gasteiger partial charge in [-0.05, 0) is 32.2 Å². The Morgan fingerprint density at radius 2 is 2.17 bits per heavy atom. The normalized spacial score (nSPS) is 10.2. The molecule has 0 fully saturated rings. The summed E-state index contributed by atoms with van der Waals surface area (Å²) in [4.78, 5) is 18.0. The summed E-state index contributed by atoms with van der Waals surface area (Å²) in [5.74, 6) is 1.04. The number of carbonyl (C=O) groups excluding carboxylic acids is 1. The quantitative estimate of drug-likeness (QED) is 0.770. The molecule has 1 N–H and O–H groups in total. The summed E-state index contributed by atoms with van der Waals surface area (Å²) in [6, 6.07) is 3.71. The third-order valence-corrected chi connectivity index (χ3v) is 3.28. The van der Waals surface area contributed by atoms with Crippen LogP contribution in [0.3, 0.4) is 0 Å². The lowest BCUT2D eigenvalue weighted by Crippen LogP contribution is -2.31. The Morgan fingerprint density at radius 3 is 2.78 bits per heavy atom. The number of carbonyl (C=O) groups is 1. The van der Waals surface area contributed by atoms with Gasteiger partial charge in [-0.2, -0.15) is 11.8 Å². The fraction of sp³-hybridized carbons (Fsp3) is 0.538. The molecule has 1 aromatic heterocycles. The SMILES string of the molecule is CCN(CC)C(=O)c1cc(NCCSC)ccn1. The van der Waals surface area contributed by atoms with Crippen LogP contribution >= 0.6 is 11.8 Å². The molecule has 0 radical (unpaired) electrons. The number of anilines is 1. The van der Waals surface area contributed by atoms with Gasteiger partial charge < -0.3 is 10.2 Å². The lowest BCUT2D eigenvalue weighted by molar-refractivity contribution is 0.0767. The summed E-state index contributed by atoms with van der Waals surface area (Å²) in [5, 5.41) is 3.28. The number of nitrogens with one attached hydrogen (secondary N) is 1. The van der Waals surface area contributed by atoms with Crippen molar-refractivity contribution in [2.45, 2.75) is 13.8 Å². The summed E-state index contributed by atoms with van der Waals surface area (Å²) in [7, 11) is 0. The van der Waals surface area contributed by atoms with E-state index in [-0.39, 0.29) is 5.91 Å². The molecule has 0 aliphatic carbocycles. The predicted octanol–water partition coefficient (Wildman–Crippen LogP) is 2.34. The molecule has 0 atom stereocenters. The van der Waals surface area contributed by atoms with Crippen molar-refractivity contribution in [1.82, 2.24) is 9.88 Å². The number of pyridine rings is 1. The number of amides is 1. The minimum atomic E-state index is -0.00600. The van der Waals surface area contributed by atoms with E-state index < -0.39 is 0 Å². The lowest BCUT2D eigenvalue weighted by atomic mass is 10.2. The van der Waals surface area contributed by atoms with Crippen molar-refractivity contribution in [1.29, 1.82) is 0 Å². The molecule has 0 saturated heterocycles. The smallest absolute Gasteiger partial charge is 0.272 e. The van der Waals surface area contributed by atoms with Gasteiger partial charge >= 0.3 is 0 Å². The highest BCUT2D eigenvalue weighted by atomic mass is 32.2. The molecule has 1 aromatic rings. The maximum atomic E-state index is 12.1. The van der Waals surface area contributed by atoms with Crippen LogP contribution < -0.4 is 5.32 Å². The van der Waals surface area contributed by atoms with Gasteiger partial charge in [0.15, 0.2) is 0 Å². The molecule has 1 rings (SSSR count). The van der Waals surface area contributed by atoms with Crippen molar-refractivity contribution in [2.75, 3.05) is 37.0 Å². The summed E-state index contributed by atoms with van der Waals surface area (Å²) in [5.41, 5.74) is 1.46. The second-order valence-corrected chi connectivity index (χ2v) is 4.81. The van der Waals surface area contributed by atoms with Crippen LogP contribution in [-0.4, -0.2) is 47.4 Å². The second-order valence-electron chi connectivity index (χ2n) is 3.83. The van der Waals surface area contributed by atoms with Crippen LogP contribution in [0.1, 0.15) is 24.3 Å². The zero-order valence-corrected chi connectivity index (χ0v) is 12.1. The average Bonchev–Trinajstić information content (AvgIpc) is 2.41. The Hall–Kier alpha value is -1.23. The van der Waals surface area contributed by atoms with Crippen LogP contribution in [0.4, 0.5) is 5.69 Å². The third kappa shape index (κ3) is 4.22. The Bertz CT molecular complexity index is 380. The topological polar surface area (TPSA) is 45.2 Å². The zero-order chi connectivity index (χ0) is 13.4. The maximum Gasteiger partial charge on any atom is 0.272 e. The van der Waals surface area contributed by atoms with Crippen molar-refractivity contribution in [3.05, 3.63) is 24.0 Å². The van der Waals surface area contributed by atoms with E-state index in [2.05, 4.69) is 16.6 Å². The van der Waals surface area contributed by atoms with Gasteiger partial charge in [0.05, 0.1) is 0 Å². The molecule has 0 aliphatic heterocycles. The largest absolute Gasteiger partial charge is 0.384 e. The highest BCUT2D eigenvalue weighted by Gasteiger charge is 2.13. The first-order valence-electron chi connectivity index (χ1n) is 6.21. The number of hydrogen-bond donors (Lipinski definition) is 1. The minimum absolute atomic E-state index is 0.00600. The molecule has 100 valence electrons. The molecule has 5 heteroatoms. The monoisotopic (exact) mass is 267 g/mol. The maximum absolute atomic E-state index is 12.1. The van der Waals surface area contributed by atoms with E-state index in [9.17, 15) is 4.79 Å². The van der Waals surface area contributed by atoms with E-state index in [0.717, 1.165) is 18.0 Å². The highest BCUT2D eigenvalue weighted by molar-refractivity contribution is 7.98. The van der Waals surface area contributed by atoms with Gasteiger partial charge in [0, 0.05) is 37.3 Å². The number of nitrogens with zero attached hydrogens (tertiary/aromatic N) is 2. The van der Waals surface area contributed by atoms with Crippen molar-refractivity contribution in [3.8, 4) is 0 Å².